The van der Waals surface area contributed by atoms with Gasteiger partial charge in [0.1, 0.15) is 0 Å². The average Bonchev–Trinajstić information content (AvgIpc) is 2.55. The van der Waals surface area contributed by atoms with Crippen LogP contribution in [0.5, 0.6) is 0 Å². The van der Waals surface area contributed by atoms with Crippen molar-refractivity contribution >= 4 is 23.3 Å². The van der Waals surface area contributed by atoms with Crippen molar-refractivity contribution in [3.63, 3.8) is 0 Å². The molecule has 1 amide bonds. The number of rotatable bonds is 4. The quantitative estimate of drug-likeness (QED) is 0.683. The number of piperidine rings is 1. The third-order valence-corrected chi connectivity index (χ3v) is 3.56. The first-order valence-electron chi connectivity index (χ1n) is 7.06. The fourth-order valence-electron chi connectivity index (χ4n) is 2.46. The lowest BCUT2D eigenvalue weighted by Gasteiger charge is -2.30. The number of carbonyl (C=O) groups excluding carboxylic acids is 2. The Kier molecular flexibility index (Phi) is 4.98. The summed E-state index contributed by atoms with van der Waals surface area (Å²) in [6.07, 6.45) is 4.66. The Morgan fingerprint density at radius 2 is 2.00 bits per heavy atom. The molecule has 1 aliphatic heterocycles. The predicted molar refractivity (Wildman–Crippen MR) is 82.7 cm³/mol. The number of nitrogens with zero attached hydrogens (tertiary/aromatic N) is 1. The van der Waals surface area contributed by atoms with E-state index in [0.29, 0.717) is 11.3 Å². The summed E-state index contributed by atoms with van der Waals surface area (Å²) in [5.74, 6) is -0.645. The fourth-order valence-corrected chi connectivity index (χ4v) is 2.46. The topological polar surface area (TPSA) is 58.6 Å². The number of ether oxygens (including phenoxy) is 1. The lowest BCUT2D eigenvalue weighted by molar-refractivity contribution is -0.111. The van der Waals surface area contributed by atoms with Crippen LogP contribution in [0.25, 0.3) is 0 Å². The van der Waals surface area contributed by atoms with Crippen LogP contribution >= 0.6 is 0 Å². The lowest BCUT2D eigenvalue weighted by atomic mass is 10.1. The van der Waals surface area contributed by atoms with Crippen LogP contribution in [-0.4, -0.2) is 32.1 Å². The standard InChI is InChI=1S/C16H20N2O3/c1-3-15(19)17-13-8-7-12(16(20)21-2)11-14(13)18-9-5-4-6-10-18/h3,7-8,11H,1,4-6,9-10H2,2H3,(H,17,19). The summed E-state index contributed by atoms with van der Waals surface area (Å²) in [5, 5.41) is 2.79. The third-order valence-electron chi connectivity index (χ3n) is 3.56. The Bertz CT molecular complexity index is 548. The molecule has 0 radical (unpaired) electrons. The van der Waals surface area contributed by atoms with Gasteiger partial charge < -0.3 is 15.0 Å². The van der Waals surface area contributed by atoms with Crippen LogP contribution < -0.4 is 10.2 Å². The second-order valence-corrected chi connectivity index (χ2v) is 4.96. The van der Waals surface area contributed by atoms with Gasteiger partial charge in [0.2, 0.25) is 5.91 Å². The Morgan fingerprint density at radius 1 is 1.29 bits per heavy atom. The largest absolute Gasteiger partial charge is 0.465 e. The van der Waals surface area contributed by atoms with Gasteiger partial charge in [0.25, 0.3) is 0 Å². The van der Waals surface area contributed by atoms with E-state index in [1.807, 2.05) is 0 Å². The number of benzene rings is 1. The van der Waals surface area contributed by atoms with E-state index >= 15 is 0 Å². The lowest BCUT2D eigenvalue weighted by Crippen LogP contribution is -2.30. The molecule has 5 nitrogen and oxygen atoms in total. The van der Waals surface area contributed by atoms with Crippen LogP contribution in [-0.2, 0) is 9.53 Å². The minimum Gasteiger partial charge on any atom is -0.465 e. The Balaban J connectivity index is 2.36. The summed E-state index contributed by atoms with van der Waals surface area (Å²) in [4.78, 5) is 25.4. The van der Waals surface area contributed by atoms with E-state index in [0.717, 1.165) is 31.6 Å². The molecule has 112 valence electrons. The van der Waals surface area contributed by atoms with E-state index in [1.165, 1.54) is 19.6 Å². The minimum absolute atomic E-state index is 0.265. The van der Waals surface area contributed by atoms with E-state index in [4.69, 9.17) is 4.74 Å². The van der Waals surface area contributed by atoms with Crippen molar-refractivity contribution in [2.45, 2.75) is 19.3 Å². The van der Waals surface area contributed by atoms with E-state index in [-0.39, 0.29) is 11.9 Å². The summed E-state index contributed by atoms with van der Waals surface area (Å²) >= 11 is 0. The molecule has 21 heavy (non-hydrogen) atoms. The van der Waals surface area contributed by atoms with Gasteiger partial charge in [-0.05, 0) is 43.5 Å². The zero-order chi connectivity index (χ0) is 15.2. The molecule has 1 fully saturated rings. The molecule has 0 spiro atoms. The summed E-state index contributed by atoms with van der Waals surface area (Å²) in [6, 6.07) is 5.16. The molecule has 1 heterocycles. The van der Waals surface area contributed by atoms with Gasteiger partial charge in [0.15, 0.2) is 0 Å². The van der Waals surface area contributed by atoms with Crippen LogP contribution in [0.2, 0.25) is 0 Å². The van der Waals surface area contributed by atoms with Crippen molar-refractivity contribution < 1.29 is 14.3 Å². The summed E-state index contributed by atoms with van der Waals surface area (Å²) in [7, 11) is 1.36. The van der Waals surface area contributed by atoms with Crippen molar-refractivity contribution in [2.75, 3.05) is 30.4 Å². The zero-order valence-electron chi connectivity index (χ0n) is 12.2. The molecular weight excluding hydrogens is 268 g/mol. The van der Waals surface area contributed by atoms with E-state index in [1.54, 1.807) is 18.2 Å². The second kappa shape index (κ2) is 6.92. The molecule has 1 N–H and O–H groups in total. The first kappa shape index (κ1) is 15.1. The van der Waals surface area contributed by atoms with Crippen molar-refractivity contribution in [3.8, 4) is 0 Å². The van der Waals surface area contributed by atoms with Crippen LogP contribution in [0.3, 0.4) is 0 Å². The van der Waals surface area contributed by atoms with Gasteiger partial charge in [0.05, 0.1) is 24.0 Å². The van der Waals surface area contributed by atoms with E-state index < -0.39 is 0 Å². The zero-order valence-corrected chi connectivity index (χ0v) is 12.2. The van der Waals surface area contributed by atoms with Crippen LogP contribution in [0.15, 0.2) is 30.9 Å². The van der Waals surface area contributed by atoms with Crippen molar-refractivity contribution in [2.24, 2.45) is 0 Å². The van der Waals surface area contributed by atoms with Crippen LogP contribution in [0.4, 0.5) is 11.4 Å². The molecule has 0 unspecified atom stereocenters. The molecule has 0 bridgehead atoms. The highest BCUT2D eigenvalue weighted by atomic mass is 16.5. The van der Waals surface area contributed by atoms with Gasteiger partial charge in [0, 0.05) is 13.1 Å². The highest BCUT2D eigenvalue weighted by Gasteiger charge is 2.18. The normalized spacial score (nSPS) is 14.4. The predicted octanol–water partition coefficient (Wildman–Crippen LogP) is 2.59. The Morgan fingerprint density at radius 3 is 2.62 bits per heavy atom. The minimum atomic E-state index is -0.380. The Hall–Kier alpha value is -2.30. The first-order valence-corrected chi connectivity index (χ1v) is 7.06. The molecule has 0 atom stereocenters. The highest BCUT2D eigenvalue weighted by molar-refractivity contribution is 6.02. The summed E-state index contributed by atoms with van der Waals surface area (Å²) in [6.45, 7) is 5.29. The molecule has 2 rings (SSSR count). The smallest absolute Gasteiger partial charge is 0.337 e. The number of hydrogen-bond donors (Lipinski definition) is 1. The number of anilines is 2. The van der Waals surface area contributed by atoms with Crippen molar-refractivity contribution in [3.05, 3.63) is 36.4 Å². The number of nitrogens with one attached hydrogen (secondary N) is 1. The van der Waals surface area contributed by atoms with Gasteiger partial charge in [-0.25, -0.2) is 4.79 Å². The van der Waals surface area contributed by atoms with Gasteiger partial charge in [-0.2, -0.15) is 0 Å². The molecule has 0 saturated carbocycles. The maximum absolute atomic E-state index is 11.7. The maximum atomic E-state index is 11.7. The third kappa shape index (κ3) is 3.62. The fraction of sp³-hybridized carbons (Fsp3) is 0.375. The van der Waals surface area contributed by atoms with Gasteiger partial charge in [-0.3, -0.25) is 4.79 Å². The van der Waals surface area contributed by atoms with Gasteiger partial charge in [-0.1, -0.05) is 6.58 Å². The number of amides is 1. The molecule has 1 saturated heterocycles. The monoisotopic (exact) mass is 288 g/mol. The molecular formula is C16H20N2O3. The van der Waals surface area contributed by atoms with E-state index in [2.05, 4.69) is 16.8 Å². The summed E-state index contributed by atoms with van der Waals surface area (Å²) < 4.78 is 4.76. The number of hydrogen-bond acceptors (Lipinski definition) is 4. The Labute approximate surface area is 124 Å². The molecule has 1 aromatic rings. The van der Waals surface area contributed by atoms with Gasteiger partial charge in [-0.15, -0.1) is 0 Å². The van der Waals surface area contributed by atoms with Gasteiger partial charge >= 0.3 is 5.97 Å². The molecule has 5 heteroatoms. The first-order chi connectivity index (χ1) is 10.2. The SMILES string of the molecule is C=CC(=O)Nc1ccc(C(=O)OC)cc1N1CCCCC1. The average molecular weight is 288 g/mol. The molecule has 0 aromatic heterocycles. The summed E-state index contributed by atoms with van der Waals surface area (Å²) in [5.41, 5.74) is 2.02. The molecule has 1 aliphatic rings. The highest BCUT2D eigenvalue weighted by Crippen LogP contribution is 2.30. The molecule has 1 aromatic carbocycles. The van der Waals surface area contributed by atoms with Crippen LogP contribution in [0.1, 0.15) is 29.6 Å². The van der Waals surface area contributed by atoms with Crippen LogP contribution in [0, 0.1) is 0 Å². The maximum Gasteiger partial charge on any atom is 0.337 e. The van der Waals surface area contributed by atoms with E-state index in [9.17, 15) is 9.59 Å². The number of carbonyl (C=O) groups is 2. The second-order valence-electron chi connectivity index (χ2n) is 4.96. The number of methoxy groups -OCH3 is 1. The van der Waals surface area contributed by atoms with Crippen molar-refractivity contribution in [1.29, 1.82) is 0 Å². The van der Waals surface area contributed by atoms with Crippen molar-refractivity contribution in [1.82, 2.24) is 0 Å². The molecule has 0 aliphatic carbocycles. The number of esters is 1.